The lowest BCUT2D eigenvalue weighted by Gasteiger charge is -2.22. The van der Waals surface area contributed by atoms with Gasteiger partial charge in [-0.05, 0) is 76.4 Å². The molecule has 2 fully saturated rings. The molecule has 2 aliphatic rings. The molecule has 2 saturated carbocycles. The Hall–Kier alpha value is -0.0400. The van der Waals surface area contributed by atoms with Gasteiger partial charge in [-0.15, -0.1) is 24.0 Å². The summed E-state index contributed by atoms with van der Waals surface area (Å²) in [5.74, 6) is 1.99. The van der Waals surface area contributed by atoms with Crippen molar-refractivity contribution in [1.82, 2.24) is 15.5 Å². The van der Waals surface area contributed by atoms with Crippen molar-refractivity contribution in [1.29, 1.82) is 0 Å². The predicted octanol–water partition coefficient (Wildman–Crippen LogP) is 3.47. The van der Waals surface area contributed by atoms with Crippen LogP contribution in [-0.4, -0.2) is 50.1 Å². The Balaban J connectivity index is 0.00000264. The average Bonchev–Trinajstić information content (AvgIpc) is 3.39. The minimum Gasteiger partial charge on any atom is -0.356 e. The summed E-state index contributed by atoms with van der Waals surface area (Å²) in [6, 6.07) is 0.484. The van der Waals surface area contributed by atoms with Gasteiger partial charge in [0.05, 0.1) is 0 Å². The van der Waals surface area contributed by atoms with E-state index < -0.39 is 0 Å². The van der Waals surface area contributed by atoms with Crippen LogP contribution in [-0.2, 0) is 0 Å². The monoisotopic (exact) mass is 436 g/mol. The number of halogens is 1. The molecule has 0 amide bonds. The first-order chi connectivity index (χ1) is 10.6. The Morgan fingerprint density at radius 1 is 1.26 bits per heavy atom. The molecule has 4 nitrogen and oxygen atoms in total. The van der Waals surface area contributed by atoms with Crippen LogP contribution in [0.25, 0.3) is 0 Å². The van der Waals surface area contributed by atoms with Crippen molar-refractivity contribution in [2.45, 2.75) is 65.3 Å². The van der Waals surface area contributed by atoms with Crippen LogP contribution in [0.2, 0.25) is 0 Å². The van der Waals surface area contributed by atoms with Crippen molar-refractivity contribution in [3.05, 3.63) is 0 Å². The van der Waals surface area contributed by atoms with E-state index in [1.54, 1.807) is 0 Å². The molecule has 0 spiro atoms. The smallest absolute Gasteiger partial charge is 0.191 e. The van der Waals surface area contributed by atoms with Crippen LogP contribution in [0.5, 0.6) is 0 Å². The van der Waals surface area contributed by atoms with Crippen LogP contribution in [0, 0.1) is 11.3 Å². The van der Waals surface area contributed by atoms with Gasteiger partial charge in [-0.1, -0.05) is 13.8 Å². The first-order valence-electron chi connectivity index (χ1n) is 9.33. The molecule has 2 N–H and O–H groups in total. The first-order valence-corrected chi connectivity index (χ1v) is 9.33. The van der Waals surface area contributed by atoms with Crippen LogP contribution in [0.1, 0.15) is 59.3 Å². The van der Waals surface area contributed by atoms with Gasteiger partial charge in [-0.25, -0.2) is 0 Å². The number of nitrogens with one attached hydrogen (secondary N) is 2. The molecule has 5 heteroatoms. The molecule has 0 heterocycles. The highest BCUT2D eigenvalue weighted by Gasteiger charge is 2.53. The standard InChI is InChI=1S/C18H36N4.HI/c1-5-22(6-2)13-7-8-15(3)21-17(19-4)20-14-18(11-12-18)16-9-10-16;/h15-16H,5-14H2,1-4H3,(H2,19,20,21);1H. The lowest BCUT2D eigenvalue weighted by molar-refractivity contribution is 0.292. The molecule has 1 atom stereocenters. The quantitative estimate of drug-likeness (QED) is 0.313. The van der Waals surface area contributed by atoms with E-state index in [-0.39, 0.29) is 24.0 Å². The SMILES string of the molecule is CCN(CC)CCCC(C)NC(=NC)NCC1(C2CC2)CC1.I. The predicted molar refractivity (Wildman–Crippen MR) is 111 cm³/mol. The number of aliphatic imine (C=N–C) groups is 1. The summed E-state index contributed by atoms with van der Waals surface area (Å²) < 4.78 is 0. The van der Waals surface area contributed by atoms with Crippen LogP contribution in [0.15, 0.2) is 4.99 Å². The molecule has 0 bridgehead atoms. The second-order valence-electron chi connectivity index (χ2n) is 7.28. The Morgan fingerprint density at radius 3 is 2.39 bits per heavy atom. The Bertz CT molecular complexity index is 360. The highest BCUT2D eigenvalue weighted by atomic mass is 127. The lowest BCUT2D eigenvalue weighted by Crippen LogP contribution is -2.44. The normalized spacial score (nSPS) is 20.8. The fourth-order valence-corrected chi connectivity index (χ4v) is 3.51. The molecule has 0 saturated heterocycles. The van der Waals surface area contributed by atoms with Crippen LogP contribution in [0.4, 0.5) is 0 Å². The van der Waals surface area contributed by atoms with E-state index in [0.717, 1.165) is 31.5 Å². The fraction of sp³-hybridized carbons (Fsp3) is 0.944. The van der Waals surface area contributed by atoms with Gasteiger partial charge in [0, 0.05) is 19.6 Å². The topological polar surface area (TPSA) is 39.7 Å². The Kier molecular flexibility index (Phi) is 9.19. The molecule has 0 radical (unpaired) electrons. The summed E-state index contributed by atoms with van der Waals surface area (Å²) in [6.07, 6.45) is 8.19. The van der Waals surface area contributed by atoms with E-state index in [9.17, 15) is 0 Å². The minimum absolute atomic E-state index is 0. The molecule has 2 aliphatic carbocycles. The molecular formula is C18H37IN4. The summed E-state index contributed by atoms with van der Waals surface area (Å²) in [4.78, 5) is 6.89. The van der Waals surface area contributed by atoms with E-state index in [4.69, 9.17) is 0 Å². The van der Waals surface area contributed by atoms with E-state index in [0.29, 0.717) is 11.5 Å². The highest BCUT2D eigenvalue weighted by molar-refractivity contribution is 14.0. The molecule has 136 valence electrons. The lowest BCUT2D eigenvalue weighted by atomic mass is 10.0. The molecule has 2 rings (SSSR count). The van der Waals surface area contributed by atoms with Crippen molar-refractivity contribution in [3.8, 4) is 0 Å². The maximum Gasteiger partial charge on any atom is 0.191 e. The fourth-order valence-electron chi connectivity index (χ4n) is 3.51. The summed E-state index contributed by atoms with van der Waals surface area (Å²) in [5, 5.41) is 7.13. The second kappa shape index (κ2) is 10.1. The highest BCUT2D eigenvalue weighted by Crippen LogP contribution is 2.60. The summed E-state index contributed by atoms with van der Waals surface area (Å²) >= 11 is 0. The van der Waals surface area contributed by atoms with Crippen molar-refractivity contribution < 1.29 is 0 Å². The number of hydrogen-bond acceptors (Lipinski definition) is 2. The maximum absolute atomic E-state index is 4.40. The summed E-state index contributed by atoms with van der Waals surface area (Å²) in [5.41, 5.74) is 0.629. The van der Waals surface area contributed by atoms with Crippen molar-refractivity contribution in [3.63, 3.8) is 0 Å². The van der Waals surface area contributed by atoms with Crippen LogP contribution < -0.4 is 10.6 Å². The third kappa shape index (κ3) is 6.77. The van der Waals surface area contributed by atoms with Crippen molar-refractivity contribution >= 4 is 29.9 Å². The number of nitrogens with zero attached hydrogens (tertiary/aromatic N) is 2. The van der Waals surface area contributed by atoms with Gasteiger partial charge in [0.1, 0.15) is 0 Å². The molecule has 0 aromatic carbocycles. The van der Waals surface area contributed by atoms with Gasteiger partial charge in [0.2, 0.25) is 0 Å². The Morgan fingerprint density at radius 2 is 1.91 bits per heavy atom. The second-order valence-corrected chi connectivity index (χ2v) is 7.28. The molecule has 23 heavy (non-hydrogen) atoms. The first kappa shape index (κ1) is 21.0. The number of rotatable bonds is 10. The van der Waals surface area contributed by atoms with Gasteiger partial charge in [-0.3, -0.25) is 4.99 Å². The molecule has 0 aliphatic heterocycles. The van der Waals surface area contributed by atoms with E-state index in [1.807, 2.05) is 7.05 Å². The average molecular weight is 436 g/mol. The zero-order valence-corrected chi connectivity index (χ0v) is 17.9. The third-order valence-electron chi connectivity index (χ3n) is 5.56. The van der Waals surface area contributed by atoms with Gasteiger partial charge in [-0.2, -0.15) is 0 Å². The maximum atomic E-state index is 4.40. The van der Waals surface area contributed by atoms with Gasteiger partial charge < -0.3 is 15.5 Å². The number of hydrogen-bond donors (Lipinski definition) is 2. The third-order valence-corrected chi connectivity index (χ3v) is 5.56. The zero-order valence-electron chi connectivity index (χ0n) is 15.5. The summed E-state index contributed by atoms with van der Waals surface area (Å²) in [6.45, 7) is 11.4. The zero-order chi connectivity index (χ0) is 16.0. The summed E-state index contributed by atoms with van der Waals surface area (Å²) in [7, 11) is 1.88. The molecule has 0 aromatic rings. The van der Waals surface area contributed by atoms with Crippen LogP contribution in [0.3, 0.4) is 0 Å². The van der Waals surface area contributed by atoms with Gasteiger partial charge in [0.25, 0.3) is 0 Å². The van der Waals surface area contributed by atoms with Gasteiger partial charge >= 0.3 is 0 Å². The van der Waals surface area contributed by atoms with Crippen molar-refractivity contribution in [2.24, 2.45) is 16.3 Å². The largest absolute Gasteiger partial charge is 0.356 e. The minimum atomic E-state index is 0. The molecule has 0 aromatic heterocycles. The van der Waals surface area contributed by atoms with E-state index in [1.165, 1.54) is 45.1 Å². The van der Waals surface area contributed by atoms with E-state index >= 15 is 0 Å². The van der Waals surface area contributed by atoms with Crippen molar-refractivity contribution in [2.75, 3.05) is 33.2 Å². The van der Waals surface area contributed by atoms with Crippen LogP contribution >= 0.6 is 24.0 Å². The number of guanidine groups is 1. The van der Waals surface area contributed by atoms with Gasteiger partial charge in [0.15, 0.2) is 5.96 Å². The molecule has 1 unspecified atom stereocenters. The van der Waals surface area contributed by atoms with E-state index in [2.05, 4.69) is 41.3 Å². The molecular weight excluding hydrogens is 399 g/mol. The Labute approximate surface area is 160 Å².